The summed E-state index contributed by atoms with van der Waals surface area (Å²) in [5.41, 5.74) is 0. The Labute approximate surface area is 244 Å². The molecule has 0 aromatic carbocycles. The van der Waals surface area contributed by atoms with Crippen LogP contribution in [0.25, 0.3) is 0 Å². The topological polar surface area (TPSA) is 80.3 Å². The maximum absolute atomic E-state index is 12.6. The van der Waals surface area contributed by atoms with Crippen molar-refractivity contribution in [3.63, 3.8) is 0 Å². The Kier molecular flexibility index (Phi) is 13.8. The average molecular weight is 832 g/mol. The van der Waals surface area contributed by atoms with Crippen molar-refractivity contribution in [2.75, 3.05) is 0 Å². The molecule has 33 heteroatoms. The molecule has 0 bridgehead atoms. The predicted octanol–water partition coefficient (Wildman–Crippen LogP) is 7.12. The molecule has 2 atom stereocenters. The summed E-state index contributed by atoms with van der Waals surface area (Å²) in [6.45, 7) is 0. The zero-order valence-corrected chi connectivity index (χ0v) is 23.6. The molecule has 0 fully saturated rings. The van der Waals surface area contributed by atoms with E-state index in [0.717, 1.165) is 0 Å². The van der Waals surface area contributed by atoms with Gasteiger partial charge in [0.2, 0.25) is 0 Å². The molecule has 0 rings (SSSR count). The summed E-state index contributed by atoms with van der Waals surface area (Å²) in [6, 6.07) is 0. The van der Waals surface area contributed by atoms with Crippen LogP contribution in [0, 0.1) is 0 Å². The van der Waals surface area contributed by atoms with E-state index in [1.54, 1.807) is 0 Å². The molecule has 0 saturated heterocycles. The fourth-order valence-corrected chi connectivity index (χ4v) is 2.39. The van der Waals surface area contributed by atoms with E-state index in [1.807, 2.05) is 0 Å². The number of hydrogen-bond acceptors (Lipinski definition) is 4. The van der Waals surface area contributed by atoms with E-state index in [2.05, 4.69) is 0 Å². The molecule has 268 valence electrons. The van der Waals surface area contributed by atoms with Gasteiger partial charge in [0.15, 0.2) is 0 Å². The van der Waals surface area contributed by atoms with E-state index >= 15 is 0 Å². The van der Waals surface area contributed by atoms with E-state index in [4.69, 9.17) is 0 Å². The van der Waals surface area contributed by atoms with Crippen LogP contribution >= 0.6 is 0 Å². The van der Waals surface area contributed by atoms with Crippen molar-refractivity contribution >= 4 is 22.2 Å². The zero-order chi connectivity index (χ0) is 37.2. The molecule has 0 N–H and O–H groups in total. The van der Waals surface area contributed by atoms with Gasteiger partial charge in [0.05, 0.1) is 0 Å². The Morgan fingerprint density at radius 1 is 0.289 bits per heavy atom. The van der Waals surface area contributed by atoms with Crippen LogP contribution in [0.4, 0.5) is 114 Å². The van der Waals surface area contributed by atoms with Crippen LogP contribution in [-0.4, -0.2) is 87.8 Å². The van der Waals surface area contributed by atoms with Gasteiger partial charge in [0.25, 0.3) is 0 Å². The van der Waals surface area contributed by atoms with Crippen LogP contribution in [0.3, 0.4) is 0 Å². The molecular formula is C12F26O4S2Zn. The van der Waals surface area contributed by atoms with Gasteiger partial charge < -0.3 is 9.11 Å². The summed E-state index contributed by atoms with van der Waals surface area (Å²) in [6.07, 6.45) is -15.1. The first-order valence-electron chi connectivity index (χ1n) is 8.49. The Morgan fingerprint density at radius 3 is 0.533 bits per heavy atom. The molecule has 45 heavy (non-hydrogen) atoms. The summed E-state index contributed by atoms with van der Waals surface area (Å²) in [5, 5.41) is -14.1. The van der Waals surface area contributed by atoms with Gasteiger partial charge in [0.1, 0.15) is 0 Å². The number of hydrogen-bond donors (Lipinski definition) is 0. The van der Waals surface area contributed by atoms with E-state index in [9.17, 15) is 132 Å². The number of halogens is 26. The average Bonchev–Trinajstić information content (AvgIpc) is 2.76. The fourth-order valence-electron chi connectivity index (χ4n) is 1.72. The van der Waals surface area contributed by atoms with Gasteiger partial charge >= 0.3 is 89.7 Å². The van der Waals surface area contributed by atoms with Gasteiger partial charge in [-0.05, 0) is 0 Å². The Hall–Kier alpha value is -0.977. The second kappa shape index (κ2) is 12.8. The third-order valence-corrected chi connectivity index (χ3v) is 5.58. The molecule has 0 aromatic rings. The van der Waals surface area contributed by atoms with Crippen molar-refractivity contribution in [2.24, 2.45) is 0 Å². The summed E-state index contributed by atoms with van der Waals surface area (Å²) in [4.78, 5) is 0. The van der Waals surface area contributed by atoms with Crippen molar-refractivity contribution in [2.45, 2.75) is 70.2 Å². The zero-order valence-electron chi connectivity index (χ0n) is 19.0. The first-order valence-corrected chi connectivity index (χ1v) is 10.6. The normalized spacial score (nSPS) is 17.2. The molecule has 0 radical (unpaired) electrons. The van der Waals surface area contributed by atoms with Gasteiger partial charge in [-0.1, -0.05) is 0 Å². The van der Waals surface area contributed by atoms with Crippen LogP contribution in [0.1, 0.15) is 0 Å². The van der Waals surface area contributed by atoms with Crippen LogP contribution in [0.2, 0.25) is 0 Å². The second-order valence-corrected chi connectivity index (χ2v) is 9.06. The van der Waals surface area contributed by atoms with Gasteiger partial charge in [-0.3, -0.25) is 8.42 Å². The van der Waals surface area contributed by atoms with Crippen molar-refractivity contribution in [3.05, 3.63) is 0 Å². The van der Waals surface area contributed by atoms with E-state index in [0.29, 0.717) is 0 Å². The molecule has 4 nitrogen and oxygen atoms in total. The monoisotopic (exact) mass is 830 g/mol. The summed E-state index contributed by atoms with van der Waals surface area (Å²) >= 11 is -11.1. The molecule has 0 aromatic heterocycles. The maximum Gasteiger partial charge on any atom is 2.00 e. The molecule has 0 aliphatic carbocycles. The Bertz CT molecular complexity index is 995. The maximum atomic E-state index is 12.6. The first kappa shape index (κ1) is 48.4. The van der Waals surface area contributed by atoms with Crippen LogP contribution in [0.5, 0.6) is 0 Å². The van der Waals surface area contributed by atoms with Gasteiger partial charge in [-0.2, -0.15) is 114 Å². The second-order valence-electron chi connectivity index (χ2n) is 7.09. The quantitative estimate of drug-likeness (QED) is 0.134. The van der Waals surface area contributed by atoms with Crippen molar-refractivity contribution < 1.29 is 151 Å². The Morgan fingerprint density at radius 2 is 0.422 bits per heavy atom. The predicted molar refractivity (Wildman–Crippen MR) is 79.4 cm³/mol. The molecule has 0 amide bonds. The van der Waals surface area contributed by atoms with E-state index in [1.165, 1.54) is 0 Å². The summed E-state index contributed by atoms with van der Waals surface area (Å²) < 4.78 is 357. The smallest absolute Gasteiger partial charge is 0.768 e. The van der Waals surface area contributed by atoms with Crippen LogP contribution in [-0.2, 0) is 41.6 Å². The first-order chi connectivity index (χ1) is 18.4. The number of rotatable bonds is 10. The minimum absolute atomic E-state index is 0. The van der Waals surface area contributed by atoms with E-state index < -0.39 is 92.4 Å². The van der Waals surface area contributed by atoms with Gasteiger partial charge in [0, 0.05) is 22.2 Å². The number of alkyl halides is 26. The van der Waals surface area contributed by atoms with E-state index in [-0.39, 0.29) is 19.5 Å². The molecule has 0 saturated carbocycles. The molecule has 0 aliphatic rings. The minimum Gasteiger partial charge on any atom is -0.768 e. The van der Waals surface area contributed by atoms with Gasteiger partial charge in [-0.25, -0.2) is 0 Å². The van der Waals surface area contributed by atoms with Gasteiger partial charge in [-0.15, -0.1) is 0 Å². The molecule has 0 spiro atoms. The SMILES string of the molecule is O=S([O-])C(F)(F)C(F)(F)C(F)(F)C(F)(F)C(F)(F)C(F)(F)F.O=S([O-])C(F)(F)C(F)(F)C(F)(F)C(F)(F)C(F)(F)C(F)(F)F.[Zn+2]. The third-order valence-electron chi connectivity index (χ3n) is 4.23. The minimum atomic E-state index is -8.09. The summed E-state index contributed by atoms with van der Waals surface area (Å²) in [7, 11) is 0. The van der Waals surface area contributed by atoms with Crippen LogP contribution in [0.15, 0.2) is 0 Å². The fraction of sp³-hybridized carbons (Fsp3) is 1.00. The van der Waals surface area contributed by atoms with Crippen LogP contribution < -0.4 is 0 Å². The molecule has 0 heterocycles. The summed E-state index contributed by atoms with van der Waals surface area (Å²) in [5.74, 6) is -63.7. The molecule has 2 unspecified atom stereocenters. The third kappa shape index (κ3) is 7.09. The standard InChI is InChI=1S/2C6HF13O2S.Zn/c2*7-1(8,3(11,12)5(15,16)17)2(9,10)4(13,14)6(18,19)22(20)21;/h2*(H,20,21);/q;;+2/p-2. The Balaban J connectivity index is -0.000000767. The largest absolute Gasteiger partial charge is 2.00 e. The van der Waals surface area contributed by atoms with Crippen molar-refractivity contribution in [1.29, 1.82) is 0 Å². The molecular weight excluding hydrogens is 832 g/mol. The molecule has 0 aliphatic heterocycles. The van der Waals surface area contributed by atoms with Crippen molar-refractivity contribution in [1.82, 2.24) is 0 Å². The van der Waals surface area contributed by atoms with Crippen molar-refractivity contribution in [3.8, 4) is 0 Å².